The maximum absolute atomic E-state index is 8.08. The van der Waals surface area contributed by atoms with Crippen molar-refractivity contribution in [2.45, 2.75) is 0 Å². The van der Waals surface area contributed by atoms with Gasteiger partial charge in [-0.1, -0.05) is 47.5 Å². The van der Waals surface area contributed by atoms with Crippen molar-refractivity contribution in [1.82, 2.24) is 10.0 Å². The lowest BCUT2D eigenvalue weighted by atomic mass is 10.2. The predicted molar refractivity (Wildman–Crippen MR) is 112 cm³/mol. The number of halogens is 3. The molecule has 0 fully saturated rings. The first-order valence-corrected chi connectivity index (χ1v) is 7.86. The molecule has 0 atom stereocenters. The van der Waals surface area contributed by atoms with E-state index >= 15 is 0 Å². The number of nitrogens with one attached hydrogen (secondary N) is 1. The molecule has 0 aliphatic heterocycles. The van der Waals surface area contributed by atoms with Gasteiger partial charge >= 0.3 is 0 Å². The molecule has 1 N–H and O–H groups in total. The van der Waals surface area contributed by atoms with Crippen molar-refractivity contribution in [2.75, 3.05) is 14.1 Å². The molecule has 0 bridgehead atoms. The zero-order chi connectivity index (χ0) is 17.5. The van der Waals surface area contributed by atoms with Crippen LogP contribution >= 0.6 is 40.2 Å². The normalized spacial score (nSPS) is 10.7. The van der Waals surface area contributed by atoms with Crippen LogP contribution in [0.4, 0.5) is 0 Å². The second-order valence-corrected chi connectivity index (χ2v) is 5.84. The summed E-state index contributed by atoms with van der Waals surface area (Å²) in [6.07, 6.45) is 3.31. The molecule has 5 nitrogen and oxygen atoms in total. The molecule has 0 unspecified atom stereocenters. The summed E-state index contributed by atoms with van der Waals surface area (Å²) in [4.78, 5) is 0. The molecular weight excluding hydrogens is 425 g/mol. The molecule has 2 aromatic rings. The third-order valence-electron chi connectivity index (χ3n) is 3.11. The van der Waals surface area contributed by atoms with E-state index in [1.165, 1.54) is 10.0 Å². The van der Waals surface area contributed by atoms with Crippen LogP contribution in [0.1, 0.15) is 11.1 Å². The Morgan fingerprint density at radius 2 is 1.12 bits per heavy atom. The quantitative estimate of drug-likeness (QED) is 0.422. The smallest absolute Gasteiger partial charge is 0.234 e. The van der Waals surface area contributed by atoms with Crippen molar-refractivity contribution >= 4 is 58.6 Å². The highest BCUT2D eigenvalue weighted by Gasteiger charge is 2.07. The second kappa shape index (κ2) is 10.2. The standard InChI is InChI=1S/C17H17Cl2N5.BrH/c1-23(21-11-13-3-7-15(18)8-4-13)17(20)24(2)22-12-14-5-9-16(19)10-6-14;/h3-12,20H,1-2H3;1H. The summed E-state index contributed by atoms with van der Waals surface area (Å²) in [5, 5.41) is 20.7. The van der Waals surface area contributed by atoms with Crippen molar-refractivity contribution in [1.29, 1.82) is 5.41 Å². The first-order chi connectivity index (χ1) is 11.5. The zero-order valence-electron chi connectivity index (χ0n) is 13.7. The van der Waals surface area contributed by atoms with Crippen LogP contribution < -0.4 is 0 Å². The average molecular weight is 443 g/mol. The summed E-state index contributed by atoms with van der Waals surface area (Å²) < 4.78 is 0. The first-order valence-electron chi connectivity index (χ1n) is 7.11. The largest absolute Gasteiger partial charge is 0.266 e. The Kier molecular flexibility index (Phi) is 8.61. The molecular formula is C17H18BrCl2N5. The highest BCUT2D eigenvalue weighted by Crippen LogP contribution is 2.09. The number of benzene rings is 2. The fraction of sp³-hybridized carbons (Fsp3) is 0.118. The van der Waals surface area contributed by atoms with Crippen LogP contribution in [0, 0.1) is 5.41 Å². The van der Waals surface area contributed by atoms with E-state index in [1.54, 1.807) is 50.8 Å². The van der Waals surface area contributed by atoms with Crippen LogP contribution in [0.5, 0.6) is 0 Å². The van der Waals surface area contributed by atoms with Crippen LogP contribution in [0.25, 0.3) is 0 Å². The number of rotatable bonds is 4. The lowest BCUT2D eigenvalue weighted by Gasteiger charge is -2.19. The third kappa shape index (κ3) is 6.86. The number of guanidine groups is 1. The van der Waals surface area contributed by atoms with Crippen LogP contribution in [0.3, 0.4) is 0 Å². The topological polar surface area (TPSA) is 55.1 Å². The van der Waals surface area contributed by atoms with Gasteiger partial charge in [0.1, 0.15) is 0 Å². The van der Waals surface area contributed by atoms with Gasteiger partial charge in [-0.15, -0.1) is 17.0 Å². The van der Waals surface area contributed by atoms with Gasteiger partial charge < -0.3 is 0 Å². The second-order valence-electron chi connectivity index (χ2n) is 4.96. The highest BCUT2D eigenvalue weighted by atomic mass is 79.9. The fourth-order valence-corrected chi connectivity index (χ4v) is 1.98. The van der Waals surface area contributed by atoms with Crippen molar-refractivity contribution in [3.05, 3.63) is 69.7 Å². The number of hydrogen-bond donors (Lipinski definition) is 1. The minimum absolute atomic E-state index is 0. The predicted octanol–water partition coefficient (Wildman–Crippen LogP) is 4.74. The zero-order valence-corrected chi connectivity index (χ0v) is 17.0. The van der Waals surface area contributed by atoms with E-state index in [0.29, 0.717) is 10.0 Å². The minimum atomic E-state index is 0. The number of hydrogen-bond acceptors (Lipinski definition) is 3. The van der Waals surface area contributed by atoms with Crippen LogP contribution in [-0.2, 0) is 0 Å². The Labute approximate surface area is 167 Å². The van der Waals surface area contributed by atoms with E-state index in [1.807, 2.05) is 24.3 Å². The Morgan fingerprint density at radius 3 is 1.44 bits per heavy atom. The van der Waals surface area contributed by atoms with Gasteiger partial charge in [-0.3, -0.25) is 5.41 Å². The molecule has 0 aliphatic carbocycles. The Hall–Kier alpha value is -1.89. The molecule has 0 saturated heterocycles. The molecule has 2 rings (SSSR count). The number of nitrogens with zero attached hydrogens (tertiary/aromatic N) is 4. The van der Waals surface area contributed by atoms with Gasteiger partial charge in [0.05, 0.1) is 12.4 Å². The van der Waals surface area contributed by atoms with E-state index in [9.17, 15) is 0 Å². The molecule has 0 aliphatic rings. The first kappa shape index (κ1) is 21.2. The van der Waals surface area contributed by atoms with Crippen LogP contribution in [0.2, 0.25) is 10.0 Å². The van der Waals surface area contributed by atoms with E-state index < -0.39 is 0 Å². The van der Waals surface area contributed by atoms with Gasteiger partial charge in [-0.05, 0) is 35.4 Å². The van der Waals surface area contributed by atoms with Gasteiger partial charge in [0.25, 0.3) is 0 Å². The van der Waals surface area contributed by atoms with E-state index in [4.69, 9.17) is 28.6 Å². The third-order valence-corrected chi connectivity index (χ3v) is 3.62. The molecule has 2 aromatic carbocycles. The van der Waals surface area contributed by atoms with Crippen LogP contribution in [-0.4, -0.2) is 42.5 Å². The number of hydrazone groups is 2. The molecule has 0 saturated carbocycles. The van der Waals surface area contributed by atoms with Gasteiger partial charge in [-0.25, -0.2) is 10.0 Å². The summed E-state index contributed by atoms with van der Waals surface area (Å²) in [6, 6.07) is 14.6. The molecule has 132 valence electrons. The van der Waals surface area contributed by atoms with Crippen LogP contribution in [0.15, 0.2) is 58.7 Å². The van der Waals surface area contributed by atoms with Gasteiger partial charge in [-0.2, -0.15) is 10.2 Å². The Morgan fingerprint density at radius 1 is 0.800 bits per heavy atom. The molecule has 8 heteroatoms. The van der Waals surface area contributed by atoms with Crippen molar-refractivity contribution in [3.8, 4) is 0 Å². The molecule has 0 amide bonds. The lowest BCUT2D eigenvalue weighted by molar-refractivity contribution is 0.412. The Bertz CT molecular complexity index is 681. The molecule has 0 heterocycles. The van der Waals surface area contributed by atoms with E-state index in [-0.39, 0.29) is 22.9 Å². The monoisotopic (exact) mass is 441 g/mol. The average Bonchev–Trinajstić information content (AvgIpc) is 2.59. The molecule has 0 spiro atoms. The van der Waals surface area contributed by atoms with E-state index in [0.717, 1.165) is 11.1 Å². The fourth-order valence-electron chi connectivity index (χ4n) is 1.72. The Balaban J connectivity index is 0.00000312. The van der Waals surface area contributed by atoms with Gasteiger partial charge in [0.15, 0.2) is 0 Å². The maximum Gasteiger partial charge on any atom is 0.234 e. The minimum Gasteiger partial charge on any atom is -0.266 e. The lowest BCUT2D eigenvalue weighted by Crippen LogP contribution is -2.33. The summed E-state index contributed by atoms with van der Waals surface area (Å²) in [5.74, 6) is 0.130. The van der Waals surface area contributed by atoms with Gasteiger partial charge in [0, 0.05) is 24.1 Å². The highest BCUT2D eigenvalue weighted by molar-refractivity contribution is 8.93. The van der Waals surface area contributed by atoms with Crippen molar-refractivity contribution in [2.24, 2.45) is 10.2 Å². The summed E-state index contributed by atoms with van der Waals surface area (Å²) in [6.45, 7) is 0. The summed E-state index contributed by atoms with van der Waals surface area (Å²) >= 11 is 11.7. The van der Waals surface area contributed by atoms with Crippen molar-refractivity contribution in [3.63, 3.8) is 0 Å². The SMILES string of the molecule is Br.CN(N=Cc1ccc(Cl)cc1)C(=N)N(C)N=Cc1ccc(Cl)cc1. The van der Waals surface area contributed by atoms with E-state index in [2.05, 4.69) is 10.2 Å². The summed E-state index contributed by atoms with van der Waals surface area (Å²) in [7, 11) is 3.37. The molecule has 25 heavy (non-hydrogen) atoms. The maximum atomic E-state index is 8.08. The molecule has 0 aromatic heterocycles. The van der Waals surface area contributed by atoms with Crippen molar-refractivity contribution < 1.29 is 0 Å². The molecule has 0 radical (unpaired) electrons. The summed E-state index contributed by atoms with van der Waals surface area (Å²) in [5.41, 5.74) is 1.79. The van der Waals surface area contributed by atoms with Gasteiger partial charge in [0.2, 0.25) is 5.96 Å².